The standard InChI is InChI=1S/C13H23N3O5/c1-19-8-9-21-11-10-20-7-6-15-4-2-12(17)16(5-3-14)13(15)18/h2,4H,3,5-11,14H2,1H3. The van der Waals surface area contributed by atoms with E-state index in [1.807, 2.05) is 0 Å². The normalized spacial score (nSPS) is 11.0. The Bertz CT molecular complexity index is 511. The van der Waals surface area contributed by atoms with E-state index in [0.29, 0.717) is 39.6 Å². The van der Waals surface area contributed by atoms with Crippen molar-refractivity contribution in [1.82, 2.24) is 9.13 Å². The predicted octanol–water partition coefficient (Wildman–Crippen LogP) is -1.35. The van der Waals surface area contributed by atoms with Crippen molar-refractivity contribution in [1.29, 1.82) is 0 Å². The lowest BCUT2D eigenvalue weighted by Gasteiger charge is -2.09. The summed E-state index contributed by atoms with van der Waals surface area (Å²) in [6.07, 6.45) is 1.47. The molecular weight excluding hydrogens is 278 g/mol. The van der Waals surface area contributed by atoms with Gasteiger partial charge in [-0.1, -0.05) is 0 Å². The van der Waals surface area contributed by atoms with Crippen LogP contribution >= 0.6 is 0 Å². The van der Waals surface area contributed by atoms with E-state index < -0.39 is 0 Å². The summed E-state index contributed by atoms with van der Waals surface area (Å²) < 4.78 is 18.0. The van der Waals surface area contributed by atoms with Crippen molar-refractivity contribution in [3.63, 3.8) is 0 Å². The van der Waals surface area contributed by atoms with Crippen LogP contribution in [0.15, 0.2) is 21.9 Å². The number of aromatic nitrogens is 2. The third-order valence-electron chi connectivity index (χ3n) is 2.77. The minimum Gasteiger partial charge on any atom is -0.382 e. The SMILES string of the molecule is COCCOCCOCCn1ccc(=O)n(CCN)c1=O. The van der Waals surface area contributed by atoms with E-state index >= 15 is 0 Å². The minimum atomic E-state index is -0.368. The molecule has 0 saturated carbocycles. The monoisotopic (exact) mass is 301 g/mol. The number of hydrogen-bond donors (Lipinski definition) is 1. The Morgan fingerprint density at radius 3 is 2.38 bits per heavy atom. The average Bonchev–Trinajstić information content (AvgIpc) is 2.48. The van der Waals surface area contributed by atoms with E-state index in [1.165, 1.54) is 16.8 Å². The first-order valence-corrected chi connectivity index (χ1v) is 6.85. The second-order valence-corrected chi connectivity index (χ2v) is 4.29. The summed E-state index contributed by atoms with van der Waals surface area (Å²) in [6, 6.07) is 1.35. The van der Waals surface area contributed by atoms with E-state index in [1.54, 1.807) is 7.11 Å². The van der Waals surface area contributed by atoms with E-state index in [9.17, 15) is 9.59 Å². The van der Waals surface area contributed by atoms with Crippen LogP contribution in [0.5, 0.6) is 0 Å². The van der Waals surface area contributed by atoms with Crippen molar-refractivity contribution in [2.24, 2.45) is 5.73 Å². The van der Waals surface area contributed by atoms with Crippen LogP contribution in [0.3, 0.4) is 0 Å². The fourth-order valence-corrected chi connectivity index (χ4v) is 1.69. The summed E-state index contributed by atoms with van der Waals surface area (Å²) in [5.74, 6) is 0. The lowest BCUT2D eigenvalue weighted by atomic mass is 10.5. The molecule has 0 bridgehead atoms. The maximum atomic E-state index is 12.0. The first-order chi connectivity index (χ1) is 10.2. The molecule has 0 saturated heterocycles. The van der Waals surface area contributed by atoms with Gasteiger partial charge in [-0.15, -0.1) is 0 Å². The molecule has 1 aromatic heterocycles. The maximum absolute atomic E-state index is 12.0. The highest BCUT2D eigenvalue weighted by atomic mass is 16.5. The molecule has 0 aliphatic rings. The first-order valence-electron chi connectivity index (χ1n) is 6.85. The smallest absolute Gasteiger partial charge is 0.331 e. The van der Waals surface area contributed by atoms with Crippen LogP contribution in [-0.2, 0) is 27.3 Å². The van der Waals surface area contributed by atoms with Crippen LogP contribution in [0.4, 0.5) is 0 Å². The molecule has 21 heavy (non-hydrogen) atoms. The van der Waals surface area contributed by atoms with Gasteiger partial charge in [0.2, 0.25) is 0 Å². The molecule has 0 unspecified atom stereocenters. The zero-order valence-electron chi connectivity index (χ0n) is 12.3. The molecular formula is C13H23N3O5. The maximum Gasteiger partial charge on any atom is 0.331 e. The van der Waals surface area contributed by atoms with Crippen LogP contribution in [0.25, 0.3) is 0 Å². The number of nitrogens with zero attached hydrogens (tertiary/aromatic N) is 2. The summed E-state index contributed by atoms with van der Waals surface area (Å²) in [5, 5.41) is 0. The van der Waals surface area contributed by atoms with Crippen molar-refractivity contribution in [2.45, 2.75) is 13.1 Å². The second-order valence-electron chi connectivity index (χ2n) is 4.29. The van der Waals surface area contributed by atoms with Gasteiger partial charge in [0, 0.05) is 32.5 Å². The van der Waals surface area contributed by atoms with Crippen LogP contribution in [0.1, 0.15) is 0 Å². The molecule has 0 spiro atoms. The molecule has 0 aromatic carbocycles. The first kappa shape index (κ1) is 17.6. The van der Waals surface area contributed by atoms with Crippen LogP contribution in [0, 0.1) is 0 Å². The van der Waals surface area contributed by atoms with Crippen molar-refractivity contribution in [3.05, 3.63) is 33.1 Å². The van der Waals surface area contributed by atoms with Crippen molar-refractivity contribution in [2.75, 3.05) is 46.7 Å². The van der Waals surface area contributed by atoms with Crippen molar-refractivity contribution in [3.8, 4) is 0 Å². The third-order valence-corrected chi connectivity index (χ3v) is 2.77. The number of ether oxygens (including phenoxy) is 3. The van der Waals surface area contributed by atoms with Crippen molar-refractivity contribution < 1.29 is 14.2 Å². The highest BCUT2D eigenvalue weighted by Gasteiger charge is 2.04. The molecule has 2 N–H and O–H groups in total. The molecule has 0 aliphatic carbocycles. The lowest BCUT2D eigenvalue weighted by Crippen LogP contribution is -2.41. The Labute approximate surface area is 123 Å². The van der Waals surface area contributed by atoms with Gasteiger partial charge in [-0.05, 0) is 0 Å². The number of rotatable bonds is 11. The lowest BCUT2D eigenvalue weighted by molar-refractivity contribution is 0.0228. The highest BCUT2D eigenvalue weighted by molar-refractivity contribution is 4.86. The third kappa shape index (κ3) is 6.21. The molecule has 0 fully saturated rings. The van der Waals surface area contributed by atoms with Gasteiger partial charge in [0.05, 0.1) is 39.6 Å². The topological polar surface area (TPSA) is 97.7 Å². The molecule has 8 nitrogen and oxygen atoms in total. The molecule has 0 amide bonds. The Balaban J connectivity index is 2.34. The number of hydrogen-bond acceptors (Lipinski definition) is 6. The zero-order chi connectivity index (χ0) is 15.5. The molecule has 1 aromatic rings. The van der Waals surface area contributed by atoms with Gasteiger partial charge in [0.25, 0.3) is 5.56 Å². The summed E-state index contributed by atoms with van der Waals surface area (Å²) in [4.78, 5) is 23.5. The minimum absolute atomic E-state index is 0.215. The average molecular weight is 301 g/mol. The van der Waals surface area contributed by atoms with Gasteiger partial charge in [0.15, 0.2) is 0 Å². The van der Waals surface area contributed by atoms with Gasteiger partial charge >= 0.3 is 5.69 Å². The van der Waals surface area contributed by atoms with Gasteiger partial charge in [-0.3, -0.25) is 13.9 Å². The van der Waals surface area contributed by atoms with E-state index in [4.69, 9.17) is 19.9 Å². The molecule has 0 radical (unpaired) electrons. The molecule has 0 atom stereocenters. The molecule has 120 valence electrons. The summed E-state index contributed by atoms with van der Waals surface area (Å²) in [6.45, 7) is 3.21. The summed E-state index contributed by atoms with van der Waals surface area (Å²) in [5.41, 5.74) is 4.68. The van der Waals surface area contributed by atoms with Gasteiger partial charge in [0.1, 0.15) is 0 Å². The second kappa shape index (κ2) is 10.3. The number of nitrogens with two attached hydrogens (primary N) is 1. The molecule has 8 heteroatoms. The quantitative estimate of drug-likeness (QED) is 0.507. The Morgan fingerprint density at radius 2 is 1.71 bits per heavy atom. The summed E-state index contributed by atoms with van der Waals surface area (Å²) in [7, 11) is 1.61. The Kier molecular flexibility index (Phi) is 8.60. The fraction of sp³-hybridized carbons (Fsp3) is 0.692. The fourth-order valence-electron chi connectivity index (χ4n) is 1.69. The predicted molar refractivity (Wildman–Crippen MR) is 77.5 cm³/mol. The Morgan fingerprint density at radius 1 is 1.05 bits per heavy atom. The Hall–Kier alpha value is -1.48. The van der Waals surface area contributed by atoms with Crippen LogP contribution < -0.4 is 17.0 Å². The van der Waals surface area contributed by atoms with Gasteiger partial charge < -0.3 is 19.9 Å². The van der Waals surface area contributed by atoms with Gasteiger partial charge in [-0.2, -0.15) is 0 Å². The van der Waals surface area contributed by atoms with Crippen LogP contribution in [0.2, 0.25) is 0 Å². The van der Waals surface area contributed by atoms with E-state index in [2.05, 4.69) is 0 Å². The number of methoxy groups -OCH3 is 1. The molecule has 0 aliphatic heterocycles. The largest absolute Gasteiger partial charge is 0.382 e. The van der Waals surface area contributed by atoms with Gasteiger partial charge in [-0.25, -0.2) is 4.79 Å². The highest BCUT2D eigenvalue weighted by Crippen LogP contribution is 1.84. The van der Waals surface area contributed by atoms with E-state index in [-0.39, 0.29) is 24.3 Å². The zero-order valence-corrected chi connectivity index (χ0v) is 12.3. The van der Waals surface area contributed by atoms with Crippen LogP contribution in [-0.4, -0.2) is 55.8 Å². The molecule has 1 rings (SSSR count). The van der Waals surface area contributed by atoms with Crippen molar-refractivity contribution >= 4 is 0 Å². The summed E-state index contributed by atoms with van der Waals surface area (Å²) >= 11 is 0. The molecule has 1 heterocycles. The van der Waals surface area contributed by atoms with E-state index in [0.717, 1.165) is 4.57 Å².